The fourth-order valence-corrected chi connectivity index (χ4v) is 2.59. The number of methoxy groups -OCH3 is 1. The SMILES string of the molecule is COc1ccc(NC(=O)c2ccnc(C(=O)NCCCN(C)C)c2)cc1Cl. The van der Waals surface area contributed by atoms with Gasteiger partial charge in [0.25, 0.3) is 11.8 Å². The molecule has 144 valence electrons. The van der Waals surface area contributed by atoms with Crippen LogP contribution < -0.4 is 15.4 Å². The lowest BCUT2D eigenvalue weighted by Gasteiger charge is -2.10. The minimum Gasteiger partial charge on any atom is -0.495 e. The largest absolute Gasteiger partial charge is 0.495 e. The number of hydrogen-bond acceptors (Lipinski definition) is 5. The second-order valence-electron chi connectivity index (χ2n) is 6.15. The lowest BCUT2D eigenvalue weighted by molar-refractivity contribution is 0.0947. The number of nitrogens with zero attached hydrogens (tertiary/aromatic N) is 2. The highest BCUT2D eigenvalue weighted by atomic mass is 35.5. The molecule has 27 heavy (non-hydrogen) atoms. The number of anilines is 1. The van der Waals surface area contributed by atoms with E-state index in [4.69, 9.17) is 16.3 Å². The van der Waals surface area contributed by atoms with Crippen molar-refractivity contribution in [1.29, 1.82) is 0 Å². The van der Waals surface area contributed by atoms with Crippen LogP contribution in [0.15, 0.2) is 36.5 Å². The molecule has 0 atom stereocenters. The van der Waals surface area contributed by atoms with Gasteiger partial charge in [-0.15, -0.1) is 0 Å². The molecule has 1 heterocycles. The smallest absolute Gasteiger partial charge is 0.269 e. The van der Waals surface area contributed by atoms with Crippen molar-refractivity contribution in [2.45, 2.75) is 6.42 Å². The molecule has 2 aromatic rings. The number of ether oxygens (including phenoxy) is 1. The molecule has 0 saturated carbocycles. The Bertz CT molecular complexity index is 811. The van der Waals surface area contributed by atoms with E-state index in [1.165, 1.54) is 19.4 Å². The normalized spacial score (nSPS) is 10.6. The zero-order valence-corrected chi connectivity index (χ0v) is 16.3. The second kappa shape index (κ2) is 9.89. The molecule has 0 bridgehead atoms. The Morgan fingerprint density at radius 2 is 1.96 bits per heavy atom. The Balaban J connectivity index is 2.00. The first-order chi connectivity index (χ1) is 12.9. The molecule has 2 N–H and O–H groups in total. The van der Waals surface area contributed by atoms with E-state index in [1.54, 1.807) is 24.3 Å². The zero-order chi connectivity index (χ0) is 19.8. The van der Waals surface area contributed by atoms with Crippen LogP contribution in [0.4, 0.5) is 5.69 Å². The Morgan fingerprint density at radius 3 is 2.63 bits per heavy atom. The van der Waals surface area contributed by atoms with Gasteiger partial charge in [-0.25, -0.2) is 0 Å². The van der Waals surface area contributed by atoms with Crippen LogP contribution in [0.2, 0.25) is 5.02 Å². The molecule has 7 nitrogen and oxygen atoms in total. The molecule has 0 saturated heterocycles. The molecule has 0 spiro atoms. The second-order valence-corrected chi connectivity index (χ2v) is 6.55. The van der Waals surface area contributed by atoms with Gasteiger partial charge in [0.1, 0.15) is 11.4 Å². The van der Waals surface area contributed by atoms with Crippen molar-refractivity contribution >= 4 is 29.1 Å². The summed E-state index contributed by atoms with van der Waals surface area (Å²) in [7, 11) is 5.46. The van der Waals surface area contributed by atoms with Crippen molar-refractivity contribution in [1.82, 2.24) is 15.2 Å². The van der Waals surface area contributed by atoms with Crippen molar-refractivity contribution in [3.8, 4) is 5.75 Å². The molecule has 0 aliphatic carbocycles. The summed E-state index contributed by atoms with van der Waals surface area (Å²) < 4.78 is 5.08. The quantitative estimate of drug-likeness (QED) is 0.677. The minimum absolute atomic E-state index is 0.195. The molecule has 1 aromatic heterocycles. The number of carbonyl (C=O) groups is 2. The summed E-state index contributed by atoms with van der Waals surface area (Å²) in [5.41, 5.74) is 1.05. The molecule has 0 aliphatic heterocycles. The van der Waals surface area contributed by atoms with Crippen molar-refractivity contribution in [2.24, 2.45) is 0 Å². The van der Waals surface area contributed by atoms with E-state index < -0.39 is 0 Å². The van der Waals surface area contributed by atoms with Crippen molar-refractivity contribution in [3.63, 3.8) is 0 Å². The van der Waals surface area contributed by atoms with Crippen LogP contribution in [0.25, 0.3) is 0 Å². The van der Waals surface area contributed by atoms with E-state index in [0.717, 1.165) is 13.0 Å². The van der Waals surface area contributed by atoms with E-state index in [2.05, 4.69) is 15.6 Å². The van der Waals surface area contributed by atoms with E-state index in [0.29, 0.717) is 28.6 Å². The summed E-state index contributed by atoms with van der Waals surface area (Å²) >= 11 is 6.06. The Hall–Kier alpha value is -2.64. The van der Waals surface area contributed by atoms with E-state index >= 15 is 0 Å². The number of pyridine rings is 1. The van der Waals surface area contributed by atoms with Gasteiger partial charge in [-0.2, -0.15) is 0 Å². The number of rotatable bonds is 8. The Morgan fingerprint density at radius 1 is 1.19 bits per heavy atom. The standard InChI is InChI=1S/C19H23ClN4O3/c1-24(2)10-4-8-22-19(26)16-11-13(7-9-21-16)18(25)23-14-5-6-17(27-3)15(20)12-14/h5-7,9,11-12H,4,8,10H2,1-3H3,(H,22,26)(H,23,25). The van der Waals surface area contributed by atoms with E-state index in [1.807, 2.05) is 19.0 Å². The highest BCUT2D eigenvalue weighted by molar-refractivity contribution is 6.32. The summed E-state index contributed by atoms with van der Waals surface area (Å²) in [6.07, 6.45) is 2.27. The average Bonchev–Trinajstić information content (AvgIpc) is 2.65. The summed E-state index contributed by atoms with van der Waals surface area (Å²) in [4.78, 5) is 30.7. The van der Waals surface area contributed by atoms with Gasteiger partial charge in [-0.3, -0.25) is 14.6 Å². The number of benzene rings is 1. The lowest BCUT2D eigenvalue weighted by Crippen LogP contribution is -2.28. The maximum Gasteiger partial charge on any atom is 0.269 e. The monoisotopic (exact) mass is 390 g/mol. The van der Waals surface area contributed by atoms with Crippen LogP contribution in [-0.2, 0) is 0 Å². The summed E-state index contributed by atoms with van der Waals surface area (Å²) in [6.45, 7) is 1.42. The van der Waals surface area contributed by atoms with Crippen LogP contribution in [0.1, 0.15) is 27.3 Å². The fraction of sp³-hybridized carbons (Fsp3) is 0.316. The molecule has 2 amide bonds. The van der Waals surface area contributed by atoms with Gasteiger partial charge in [0.05, 0.1) is 12.1 Å². The molecule has 0 fully saturated rings. The van der Waals surface area contributed by atoms with Gasteiger partial charge in [-0.05, 0) is 57.4 Å². The topological polar surface area (TPSA) is 83.6 Å². The molecule has 0 radical (unpaired) electrons. The van der Waals surface area contributed by atoms with Gasteiger partial charge in [0, 0.05) is 24.0 Å². The van der Waals surface area contributed by atoms with Crippen molar-refractivity contribution in [3.05, 3.63) is 52.8 Å². The number of amides is 2. The Kier molecular flexibility index (Phi) is 7.57. The first-order valence-electron chi connectivity index (χ1n) is 8.44. The predicted octanol–water partition coefficient (Wildman–Crippen LogP) is 2.68. The number of carbonyl (C=O) groups excluding carboxylic acids is 2. The van der Waals surface area contributed by atoms with Gasteiger partial charge < -0.3 is 20.3 Å². The summed E-state index contributed by atoms with van der Waals surface area (Å²) in [5, 5.41) is 5.93. The lowest BCUT2D eigenvalue weighted by atomic mass is 10.2. The van der Waals surface area contributed by atoms with Crippen LogP contribution in [0.3, 0.4) is 0 Å². The summed E-state index contributed by atoms with van der Waals surface area (Å²) in [6, 6.07) is 7.95. The van der Waals surface area contributed by atoms with Gasteiger partial charge in [-0.1, -0.05) is 11.6 Å². The molecular weight excluding hydrogens is 368 g/mol. The molecule has 8 heteroatoms. The number of halogens is 1. The van der Waals surface area contributed by atoms with Crippen LogP contribution in [0.5, 0.6) is 5.75 Å². The number of nitrogens with one attached hydrogen (secondary N) is 2. The molecule has 0 aliphatic rings. The minimum atomic E-state index is -0.361. The van der Waals surface area contributed by atoms with Crippen molar-refractivity contribution < 1.29 is 14.3 Å². The maximum atomic E-state index is 12.4. The van der Waals surface area contributed by atoms with Gasteiger partial charge in [0.15, 0.2) is 0 Å². The third-order valence-corrected chi connectivity index (χ3v) is 4.03. The fourth-order valence-electron chi connectivity index (χ4n) is 2.33. The molecule has 0 unspecified atom stereocenters. The first kappa shape index (κ1) is 20.7. The molecule has 2 rings (SSSR count). The van der Waals surface area contributed by atoms with E-state index in [-0.39, 0.29) is 17.5 Å². The predicted molar refractivity (Wildman–Crippen MR) is 106 cm³/mol. The third kappa shape index (κ3) is 6.23. The number of aromatic nitrogens is 1. The van der Waals surface area contributed by atoms with Crippen LogP contribution in [-0.4, -0.2) is 56.0 Å². The van der Waals surface area contributed by atoms with E-state index in [9.17, 15) is 9.59 Å². The first-order valence-corrected chi connectivity index (χ1v) is 8.82. The van der Waals surface area contributed by atoms with Gasteiger partial charge >= 0.3 is 0 Å². The number of hydrogen-bond donors (Lipinski definition) is 2. The summed E-state index contributed by atoms with van der Waals surface area (Å²) in [5.74, 6) is -0.150. The van der Waals surface area contributed by atoms with Crippen molar-refractivity contribution in [2.75, 3.05) is 39.6 Å². The molecular formula is C19H23ClN4O3. The highest BCUT2D eigenvalue weighted by Crippen LogP contribution is 2.27. The Labute approximate surface area is 163 Å². The zero-order valence-electron chi connectivity index (χ0n) is 15.6. The van der Waals surface area contributed by atoms with Crippen LogP contribution in [0, 0.1) is 0 Å². The third-order valence-electron chi connectivity index (χ3n) is 3.73. The van der Waals surface area contributed by atoms with Gasteiger partial charge in [0.2, 0.25) is 0 Å². The average molecular weight is 391 g/mol. The molecule has 1 aromatic carbocycles. The maximum absolute atomic E-state index is 12.4. The van der Waals surface area contributed by atoms with Crippen LogP contribution >= 0.6 is 11.6 Å². The highest BCUT2D eigenvalue weighted by Gasteiger charge is 2.12.